The van der Waals surface area contributed by atoms with E-state index in [-0.39, 0.29) is 25.2 Å². The SMILES string of the molecule is NCC(O)c1ccc(O)c(O)c1.[HH].[HH].[HH].[HH].[HH]. The minimum Gasteiger partial charge on any atom is -0.504 e. The Kier molecular flexibility index (Phi) is 2.52. The zero-order valence-corrected chi connectivity index (χ0v) is 6.44. The number of hydrogen-bond donors (Lipinski definition) is 4. The van der Waals surface area contributed by atoms with E-state index in [2.05, 4.69) is 0 Å². The van der Waals surface area contributed by atoms with Crippen LogP contribution < -0.4 is 5.73 Å². The summed E-state index contributed by atoms with van der Waals surface area (Å²) < 4.78 is 0. The number of hydrogen-bond acceptors (Lipinski definition) is 4. The Morgan fingerprint density at radius 3 is 2.50 bits per heavy atom. The number of nitrogens with two attached hydrogens (primary N) is 1. The van der Waals surface area contributed by atoms with Crippen molar-refractivity contribution in [2.75, 3.05) is 6.54 Å². The van der Waals surface area contributed by atoms with Gasteiger partial charge in [-0.3, -0.25) is 0 Å². The first-order chi connectivity index (χ1) is 5.65. The third kappa shape index (κ3) is 1.66. The average Bonchev–Trinajstić information content (AvgIpc) is 2.08. The Morgan fingerprint density at radius 1 is 1.33 bits per heavy atom. The molecule has 0 saturated heterocycles. The molecule has 0 aliphatic heterocycles. The summed E-state index contributed by atoms with van der Waals surface area (Å²) in [4.78, 5) is 0. The summed E-state index contributed by atoms with van der Waals surface area (Å²) in [6.07, 6.45) is -0.795. The van der Waals surface area contributed by atoms with E-state index in [0.717, 1.165) is 0 Å². The van der Waals surface area contributed by atoms with Gasteiger partial charge in [0.05, 0.1) is 6.10 Å². The summed E-state index contributed by atoms with van der Waals surface area (Å²) in [5.41, 5.74) is 5.69. The molecule has 0 fully saturated rings. The maximum absolute atomic E-state index is 9.23. The van der Waals surface area contributed by atoms with Gasteiger partial charge in [0.1, 0.15) is 0 Å². The molecule has 4 nitrogen and oxygen atoms in total. The zero-order chi connectivity index (χ0) is 9.14. The molecule has 4 heteroatoms. The van der Waals surface area contributed by atoms with Crippen LogP contribution in [0.25, 0.3) is 0 Å². The van der Waals surface area contributed by atoms with Crippen LogP contribution in [0.2, 0.25) is 0 Å². The maximum Gasteiger partial charge on any atom is 0.157 e. The lowest BCUT2D eigenvalue weighted by atomic mass is 10.1. The van der Waals surface area contributed by atoms with Crippen LogP contribution >= 0.6 is 0 Å². The number of aliphatic hydroxyl groups excluding tert-OH is 1. The van der Waals surface area contributed by atoms with Crippen LogP contribution in [0.15, 0.2) is 18.2 Å². The van der Waals surface area contributed by atoms with Gasteiger partial charge in [0.2, 0.25) is 0 Å². The monoisotopic (exact) mass is 179 g/mol. The van der Waals surface area contributed by atoms with Crippen LogP contribution in [0.4, 0.5) is 0 Å². The van der Waals surface area contributed by atoms with Crippen molar-refractivity contribution in [1.82, 2.24) is 0 Å². The Balaban J connectivity index is -0.0000000960. The number of aliphatic hydroxyl groups is 1. The van der Waals surface area contributed by atoms with Gasteiger partial charge in [0, 0.05) is 13.7 Å². The van der Waals surface area contributed by atoms with Crippen LogP contribution in [-0.4, -0.2) is 21.9 Å². The van der Waals surface area contributed by atoms with Gasteiger partial charge in [0.25, 0.3) is 0 Å². The molecule has 1 unspecified atom stereocenters. The van der Waals surface area contributed by atoms with E-state index in [1.807, 2.05) is 0 Å². The molecule has 1 aromatic rings. The molecule has 0 aromatic heterocycles. The zero-order valence-electron chi connectivity index (χ0n) is 6.44. The normalized spacial score (nSPS) is 12.8. The first kappa shape index (κ1) is 8.83. The number of rotatable bonds is 2. The molecule has 0 saturated carbocycles. The Labute approximate surface area is 77.3 Å². The van der Waals surface area contributed by atoms with Crippen molar-refractivity contribution in [1.29, 1.82) is 0 Å². The fourth-order valence-corrected chi connectivity index (χ4v) is 0.884. The molecular weight excluding hydrogens is 158 g/mol. The molecule has 0 aliphatic rings. The van der Waals surface area contributed by atoms with Crippen molar-refractivity contribution in [3.63, 3.8) is 0 Å². The van der Waals surface area contributed by atoms with Crippen molar-refractivity contribution < 1.29 is 22.5 Å². The lowest BCUT2D eigenvalue weighted by molar-refractivity contribution is 0.186. The molecule has 1 atom stereocenters. The van der Waals surface area contributed by atoms with Crippen molar-refractivity contribution in [2.24, 2.45) is 5.73 Å². The summed E-state index contributed by atoms with van der Waals surface area (Å²) in [5.74, 6) is -0.456. The van der Waals surface area contributed by atoms with Crippen LogP contribution in [0, 0.1) is 0 Å². The summed E-state index contributed by atoms with van der Waals surface area (Å²) in [5, 5.41) is 27.2. The Hall–Kier alpha value is -1.26. The maximum atomic E-state index is 9.23. The highest BCUT2D eigenvalue weighted by Crippen LogP contribution is 2.27. The van der Waals surface area contributed by atoms with Gasteiger partial charge in [-0.25, -0.2) is 0 Å². The summed E-state index contributed by atoms with van der Waals surface area (Å²) in [6, 6.07) is 4.10. The predicted molar refractivity (Wildman–Crippen MR) is 54.4 cm³/mol. The molecule has 12 heavy (non-hydrogen) atoms. The van der Waals surface area contributed by atoms with E-state index in [0.29, 0.717) is 5.56 Å². The summed E-state index contributed by atoms with van der Waals surface area (Å²) in [6.45, 7) is 0.0875. The van der Waals surface area contributed by atoms with Crippen LogP contribution in [0.5, 0.6) is 11.5 Å². The second-order valence-electron chi connectivity index (χ2n) is 2.50. The third-order valence-corrected chi connectivity index (χ3v) is 1.61. The second kappa shape index (κ2) is 3.42. The lowest BCUT2D eigenvalue weighted by Gasteiger charge is -2.08. The summed E-state index contributed by atoms with van der Waals surface area (Å²) in [7, 11) is 0. The quantitative estimate of drug-likeness (QED) is 0.516. The third-order valence-electron chi connectivity index (χ3n) is 1.61. The average molecular weight is 179 g/mol. The van der Waals surface area contributed by atoms with E-state index in [9.17, 15) is 5.11 Å². The molecule has 0 radical (unpaired) electrons. The number of aromatic hydroxyl groups is 2. The molecule has 0 spiro atoms. The summed E-state index contributed by atoms with van der Waals surface area (Å²) >= 11 is 0. The molecule has 76 valence electrons. The van der Waals surface area contributed by atoms with Gasteiger partial charge < -0.3 is 21.1 Å². The van der Waals surface area contributed by atoms with E-state index >= 15 is 0 Å². The van der Waals surface area contributed by atoms with Crippen molar-refractivity contribution in [3.8, 4) is 11.5 Å². The van der Waals surface area contributed by atoms with Gasteiger partial charge in [-0.05, 0) is 17.7 Å². The minimum absolute atomic E-state index is 0. The van der Waals surface area contributed by atoms with E-state index in [4.69, 9.17) is 15.9 Å². The van der Waals surface area contributed by atoms with Gasteiger partial charge in [-0.1, -0.05) is 6.07 Å². The van der Waals surface area contributed by atoms with E-state index in [1.165, 1.54) is 18.2 Å². The molecule has 1 aromatic carbocycles. The van der Waals surface area contributed by atoms with Crippen molar-refractivity contribution in [3.05, 3.63) is 23.8 Å². The highest BCUT2D eigenvalue weighted by Gasteiger charge is 2.07. The molecule has 0 bridgehead atoms. The van der Waals surface area contributed by atoms with Crippen molar-refractivity contribution >= 4 is 0 Å². The van der Waals surface area contributed by atoms with Crippen molar-refractivity contribution in [2.45, 2.75) is 6.10 Å². The van der Waals surface area contributed by atoms with E-state index in [1.54, 1.807) is 0 Å². The van der Waals surface area contributed by atoms with E-state index < -0.39 is 6.10 Å². The number of benzene rings is 1. The molecule has 5 N–H and O–H groups in total. The molecule has 0 amide bonds. The largest absolute Gasteiger partial charge is 0.504 e. The molecule has 1 rings (SSSR count). The second-order valence-corrected chi connectivity index (χ2v) is 2.50. The first-order valence-corrected chi connectivity index (χ1v) is 3.55. The smallest absolute Gasteiger partial charge is 0.157 e. The van der Waals surface area contributed by atoms with Gasteiger partial charge in [0.15, 0.2) is 11.5 Å². The standard InChI is InChI=1S/C8H11NO3.5H2/c9-4-8(12)5-1-2-6(10)7(11)3-5;;;;;/h1-3,8,10-12H,4,9H2;5*1H. The van der Waals surface area contributed by atoms with Crippen LogP contribution in [0.1, 0.15) is 18.8 Å². The predicted octanol–water partition coefficient (Wildman–Crippen LogP) is 1.32. The molecule has 0 heterocycles. The fraction of sp³-hybridized carbons (Fsp3) is 0.250. The first-order valence-electron chi connectivity index (χ1n) is 3.55. The fourth-order valence-electron chi connectivity index (χ4n) is 0.884. The highest BCUT2D eigenvalue weighted by molar-refractivity contribution is 5.41. The molecular formula is C8H21NO3. The van der Waals surface area contributed by atoms with Crippen LogP contribution in [0.3, 0.4) is 0 Å². The van der Waals surface area contributed by atoms with Crippen LogP contribution in [-0.2, 0) is 0 Å². The van der Waals surface area contributed by atoms with Gasteiger partial charge >= 0.3 is 0 Å². The minimum atomic E-state index is -0.795. The lowest BCUT2D eigenvalue weighted by Crippen LogP contribution is -2.11. The highest BCUT2D eigenvalue weighted by atomic mass is 16.3. The van der Waals surface area contributed by atoms with Gasteiger partial charge in [-0.2, -0.15) is 0 Å². The Bertz CT molecular complexity index is 290. The number of phenols is 2. The topological polar surface area (TPSA) is 86.7 Å². The van der Waals surface area contributed by atoms with Gasteiger partial charge in [-0.15, -0.1) is 0 Å². The number of phenolic OH excluding ortho intramolecular Hbond substituents is 2. The Morgan fingerprint density at radius 2 is 2.00 bits per heavy atom. The molecule has 0 aliphatic carbocycles.